The molecule has 3 aromatic rings. The Balaban J connectivity index is 1.40. The van der Waals surface area contributed by atoms with Crippen LogP contribution in [0.3, 0.4) is 0 Å². The molecule has 3 N–H and O–H groups in total. The first-order chi connectivity index (χ1) is 17.8. The minimum Gasteiger partial charge on any atom is -0.366 e. The summed E-state index contributed by atoms with van der Waals surface area (Å²) in [7, 11) is 0. The van der Waals surface area contributed by atoms with Crippen molar-refractivity contribution in [3.8, 4) is 0 Å². The number of piperidine rings is 1. The van der Waals surface area contributed by atoms with E-state index in [1.54, 1.807) is 60.7 Å². The van der Waals surface area contributed by atoms with Crippen LogP contribution in [0.1, 0.15) is 40.0 Å². The highest BCUT2D eigenvalue weighted by atomic mass is 35.5. The van der Waals surface area contributed by atoms with Crippen molar-refractivity contribution in [2.75, 3.05) is 28.6 Å². The highest BCUT2D eigenvalue weighted by Gasteiger charge is 2.23. The van der Waals surface area contributed by atoms with E-state index in [9.17, 15) is 19.7 Å². The zero-order chi connectivity index (χ0) is 26.4. The average molecular weight is 538 g/mol. The van der Waals surface area contributed by atoms with E-state index >= 15 is 0 Å². The zero-order valence-corrected chi connectivity index (χ0v) is 21.3. The first-order valence-electron chi connectivity index (χ1n) is 11.6. The Hall–Kier alpha value is -4.02. The van der Waals surface area contributed by atoms with Crippen molar-refractivity contribution in [2.45, 2.75) is 19.3 Å². The van der Waals surface area contributed by atoms with Crippen molar-refractivity contribution in [1.29, 1.82) is 0 Å². The smallest absolute Gasteiger partial charge is 0.293 e. The van der Waals surface area contributed by atoms with E-state index in [-0.39, 0.29) is 22.3 Å². The number of benzene rings is 3. The fourth-order valence-electron chi connectivity index (χ4n) is 4.07. The van der Waals surface area contributed by atoms with E-state index in [1.807, 2.05) is 4.90 Å². The first-order valence-corrected chi connectivity index (χ1v) is 12.4. The van der Waals surface area contributed by atoms with Crippen LogP contribution in [0.5, 0.6) is 0 Å². The van der Waals surface area contributed by atoms with Gasteiger partial charge in [-0.15, -0.1) is 0 Å². The van der Waals surface area contributed by atoms with E-state index < -0.39 is 10.8 Å². The molecule has 0 atom stereocenters. The summed E-state index contributed by atoms with van der Waals surface area (Å²) in [5.74, 6) is -0.942. The van der Waals surface area contributed by atoms with Crippen LogP contribution in [0.2, 0.25) is 5.02 Å². The number of hydrogen-bond donors (Lipinski definition) is 3. The molecule has 9 nitrogen and oxygen atoms in total. The summed E-state index contributed by atoms with van der Waals surface area (Å²) in [6.07, 6.45) is 3.06. The monoisotopic (exact) mass is 537 g/mol. The Bertz CT molecular complexity index is 1360. The number of nitrogens with zero attached hydrogens (tertiary/aromatic N) is 2. The minimum absolute atomic E-state index is 0.00217. The maximum absolute atomic E-state index is 12.8. The maximum atomic E-state index is 12.8. The fraction of sp³-hybridized carbons (Fsp3) is 0.192. The number of nitrogens with one attached hydrogen (secondary N) is 3. The van der Waals surface area contributed by atoms with Gasteiger partial charge in [-0.3, -0.25) is 25.0 Å². The average Bonchev–Trinajstić information content (AvgIpc) is 2.89. The molecular formula is C26H24ClN5O4S. The second-order valence-corrected chi connectivity index (χ2v) is 9.25. The second kappa shape index (κ2) is 11.8. The lowest BCUT2D eigenvalue weighted by Crippen LogP contribution is -2.34. The van der Waals surface area contributed by atoms with Gasteiger partial charge in [-0.05, 0) is 73.9 Å². The van der Waals surface area contributed by atoms with Gasteiger partial charge in [-0.25, -0.2) is 0 Å². The van der Waals surface area contributed by atoms with E-state index in [0.717, 1.165) is 32.4 Å². The van der Waals surface area contributed by atoms with Crippen LogP contribution in [0.4, 0.5) is 22.7 Å². The van der Waals surface area contributed by atoms with Crippen LogP contribution >= 0.6 is 23.8 Å². The molecule has 0 aromatic heterocycles. The number of carbonyl (C=O) groups is 2. The molecule has 0 spiro atoms. The molecule has 3 aromatic carbocycles. The van der Waals surface area contributed by atoms with E-state index in [2.05, 4.69) is 16.0 Å². The number of nitro benzene ring substituents is 1. The fourth-order valence-corrected chi connectivity index (χ4v) is 4.50. The molecule has 1 aliphatic heterocycles. The molecule has 0 unspecified atom stereocenters. The lowest BCUT2D eigenvalue weighted by molar-refractivity contribution is -0.384. The highest BCUT2D eigenvalue weighted by Crippen LogP contribution is 2.31. The third kappa shape index (κ3) is 6.60. The molecule has 0 saturated carbocycles. The topological polar surface area (TPSA) is 117 Å². The van der Waals surface area contributed by atoms with Crippen molar-refractivity contribution >= 4 is 63.5 Å². The highest BCUT2D eigenvalue weighted by molar-refractivity contribution is 7.80. The number of anilines is 3. The molecule has 1 saturated heterocycles. The summed E-state index contributed by atoms with van der Waals surface area (Å²) in [6, 6.07) is 17.9. The number of nitro groups is 1. The largest absolute Gasteiger partial charge is 0.366 e. The summed E-state index contributed by atoms with van der Waals surface area (Å²) < 4.78 is 0. The SMILES string of the molecule is O=C(NC(=S)Nc1cccc(NC(=O)c2ccccc2Cl)c1)c1ccc(N2CCCCC2)c([N+](=O)[O-])c1. The van der Waals surface area contributed by atoms with Gasteiger partial charge in [-0.2, -0.15) is 0 Å². The van der Waals surface area contributed by atoms with Crippen molar-refractivity contribution in [3.63, 3.8) is 0 Å². The van der Waals surface area contributed by atoms with Gasteiger partial charge in [0, 0.05) is 36.1 Å². The molecule has 0 bridgehead atoms. The Morgan fingerprint density at radius 2 is 1.59 bits per heavy atom. The predicted octanol–water partition coefficient (Wildman–Crippen LogP) is 5.62. The standard InChI is InChI=1S/C26H24ClN5O4S/c27-21-10-3-2-9-20(21)25(34)28-18-7-6-8-19(16-18)29-26(37)30-24(33)17-11-12-22(23(15-17)32(35)36)31-13-4-1-5-14-31/h2-3,6-12,15-16H,1,4-5,13-14H2,(H,28,34)(H2,29,30,33,37). The molecule has 4 rings (SSSR count). The summed E-state index contributed by atoms with van der Waals surface area (Å²) in [5.41, 5.74) is 1.87. The van der Waals surface area contributed by atoms with Gasteiger partial charge in [0.15, 0.2) is 5.11 Å². The van der Waals surface area contributed by atoms with Crippen molar-refractivity contribution < 1.29 is 14.5 Å². The van der Waals surface area contributed by atoms with Gasteiger partial charge in [0.1, 0.15) is 5.69 Å². The predicted molar refractivity (Wildman–Crippen MR) is 149 cm³/mol. The van der Waals surface area contributed by atoms with Gasteiger partial charge < -0.3 is 15.5 Å². The second-order valence-electron chi connectivity index (χ2n) is 8.43. The molecule has 2 amide bonds. The minimum atomic E-state index is -0.575. The van der Waals surface area contributed by atoms with E-state index in [4.69, 9.17) is 23.8 Å². The zero-order valence-electron chi connectivity index (χ0n) is 19.7. The number of carbonyl (C=O) groups excluding carboxylic acids is 2. The first kappa shape index (κ1) is 26.1. The van der Waals surface area contributed by atoms with Gasteiger partial charge in [-0.1, -0.05) is 29.8 Å². The molecule has 190 valence electrons. The van der Waals surface area contributed by atoms with E-state index in [0.29, 0.717) is 27.6 Å². The summed E-state index contributed by atoms with van der Waals surface area (Å²) in [4.78, 5) is 38.5. The lowest BCUT2D eigenvalue weighted by Gasteiger charge is -2.28. The Kier molecular flexibility index (Phi) is 8.32. The lowest BCUT2D eigenvalue weighted by atomic mass is 10.1. The molecule has 0 radical (unpaired) electrons. The van der Waals surface area contributed by atoms with Crippen molar-refractivity contribution in [3.05, 3.63) is 93.0 Å². The maximum Gasteiger partial charge on any atom is 0.293 e. The number of thiocarbonyl (C=S) groups is 1. The summed E-state index contributed by atoms with van der Waals surface area (Å²) >= 11 is 11.3. The van der Waals surface area contributed by atoms with E-state index in [1.165, 1.54) is 6.07 Å². The molecule has 11 heteroatoms. The van der Waals surface area contributed by atoms with Crippen LogP contribution in [0.15, 0.2) is 66.7 Å². The number of rotatable bonds is 6. The molecule has 1 fully saturated rings. The van der Waals surface area contributed by atoms with Gasteiger partial charge in [0.2, 0.25) is 0 Å². The number of amides is 2. The summed E-state index contributed by atoms with van der Waals surface area (Å²) in [5, 5.41) is 20.2. The van der Waals surface area contributed by atoms with Crippen molar-refractivity contribution in [1.82, 2.24) is 5.32 Å². The summed E-state index contributed by atoms with van der Waals surface area (Å²) in [6.45, 7) is 1.50. The number of halogens is 1. The molecule has 37 heavy (non-hydrogen) atoms. The third-order valence-corrected chi connectivity index (χ3v) is 6.39. The van der Waals surface area contributed by atoms with Crippen LogP contribution in [0, 0.1) is 10.1 Å². The normalized spacial score (nSPS) is 12.9. The van der Waals surface area contributed by atoms with Gasteiger partial charge >= 0.3 is 0 Å². The molecular weight excluding hydrogens is 514 g/mol. The quantitative estimate of drug-likeness (QED) is 0.212. The van der Waals surface area contributed by atoms with Gasteiger partial charge in [0.05, 0.1) is 15.5 Å². The third-order valence-electron chi connectivity index (χ3n) is 5.85. The van der Waals surface area contributed by atoms with Crippen LogP contribution in [-0.2, 0) is 0 Å². The molecule has 0 aliphatic carbocycles. The Morgan fingerprint density at radius 1 is 0.892 bits per heavy atom. The molecule has 1 aliphatic rings. The van der Waals surface area contributed by atoms with Gasteiger partial charge in [0.25, 0.3) is 17.5 Å². The van der Waals surface area contributed by atoms with Crippen LogP contribution in [-0.4, -0.2) is 34.9 Å². The van der Waals surface area contributed by atoms with Crippen LogP contribution in [0.25, 0.3) is 0 Å². The number of hydrogen-bond acceptors (Lipinski definition) is 6. The Morgan fingerprint density at radius 3 is 2.30 bits per heavy atom. The van der Waals surface area contributed by atoms with Crippen molar-refractivity contribution in [2.24, 2.45) is 0 Å². The molecule has 1 heterocycles. The Labute approximate surface area is 224 Å². The van der Waals surface area contributed by atoms with Crippen LogP contribution < -0.4 is 20.9 Å².